The van der Waals surface area contributed by atoms with Crippen molar-refractivity contribution in [2.45, 2.75) is 57.3 Å². The lowest BCUT2D eigenvalue weighted by Crippen LogP contribution is -2.45. The molecule has 1 aliphatic heterocycles. The van der Waals surface area contributed by atoms with Crippen LogP contribution in [0.15, 0.2) is 28.8 Å². The predicted octanol–water partition coefficient (Wildman–Crippen LogP) is 4.23. The van der Waals surface area contributed by atoms with Crippen LogP contribution in [0.2, 0.25) is 0 Å². The zero-order valence-corrected chi connectivity index (χ0v) is 15.9. The summed E-state index contributed by atoms with van der Waals surface area (Å²) in [5.74, 6) is 2.22. The molecular weight excluding hydrogens is 345 g/mol. The third-order valence-corrected chi connectivity index (χ3v) is 6.01. The minimum atomic E-state index is -0.231. The summed E-state index contributed by atoms with van der Waals surface area (Å²) < 4.78 is 18.5. The first-order valence-corrected chi connectivity index (χ1v) is 9.90. The molecule has 1 aliphatic carbocycles. The van der Waals surface area contributed by atoms with Gasteiger partial charge in [-0.25, -0.2) is 4.39 Å². The molecule has 4 rings (SSSR count). The molecule has 1 amide bonds. The number of rotatable bonds is 4. The van der Waals surface area contributed by atoms with E-state index in [9.17, 15) is 9.18 Å². The van der Waals surface area contributed by atoms with Crippen molar-refractivity contribution >= 4 is 5.91 Å². The zero-order valence-electron chi connectivity index (χ0n) is 15.9. The number of likely N-dealkylation sites (tertiary alicyclic amines) is 1. The lowest BCUT2D eigenvalue weighted by Gasteiger charge is -2.41. The highest BCUT2D eigenvalue weighted by atomic mass is 19.1. The van der Waals surface area contributed by atoms with E-state index in [-0.39, 0.29) is 35.4 Å². The van der Waals surface area contributed by atoms with Gasteiger partial charge in [0.25, 0.3) is 0 Å². The standard InChI is InChI=1S/C21H26FN3O2/c1-13(2)20-23-19(24-27-20)15-9-11-25(12-10-15)21(26)18-8-7-17(18)14-3-5-16(22)6-4-14/h3-6,13,15,17-18H,7-12H2,1-2H3. The molecule has 0 radical (unpaired) electrons. The summed E-state index contributed by atoms with van der Waals surface area (Å²) in [5, 5.41) is 4.13. The maximum Gasteiger partial charge on any atom is 0.229 e. The number of amides is 1. The van der Waals surface area contributed by atoms with Crippen molar-refractivity contribution in [2.24, 2.45) is 5.92 Å². The number of benzene rings is 1. The molecule has 0 bridgehead atoms. The van der Waals surface area contributed by atoms with E-state index in [0.717, 1.165) is 50.2 Å². The van der Waals surface area contributed by atoms with E-state index >= 15 is 0 Å². The van der Waals surface area contributed by atoms with E-state index in [4.69, 9.17) is 4.52 Å². The summed E-state index contributed by atoms with van der Waals surface area (Å²) in [6.45, 7) is 5.55. The van der Waals surface area contributed by atoms with E-state index in [1.807, 2.05) is 30.9 Å². The Labute approximate surface area is 158 Å². The monoisotopic (exact) mass is 371 g/mol. The number of hydrogen-bond donors (Lipinski definition) is 0. The van der Waals surface area contributed by atoms with Crippen LogP contribution < -0.4 is 0 Å². The van der Waals surface area contributed by atoms with E-state index < -0.39 is 0 Å². The largest absolute Gasteiger partial charge is 0.342 e. The van der Waals surface area contributed by atoms with Crippen LogP contribution in [0.1, 0.15) is 74.6 Å². The molecule has 1 aromatic heterocycles. The van der Waals surface area contributed by atoms with Crippen molar-refractivity contribution in [1.82, 2.24) is 15.0 Å². The molecule has 2 atom stereocenters. The van der Waals surface area contributed by atoms with Crippen molar-refractivity contribution in [3.8, 4) is 0 Å². The number of carbonyl (C=O) groups excluding carboxylic acids is 1. The summed E-state index contributed by atoms with van der Waals surface area (Å²) in [6.07, 6.45) is 3.66. The Morgan fingerprint density at radius 1 is 1.15 bits per heavy atom. The van der Waals surface area contributed by atoms with E-state index in [1.54, 1.807) is 0 Å². The summed E-state index contributed by atoms with van der Waals surface area (Å²) in [4.78, 5) is 19.5. The van der Waals surface area contributed by atoms with Gasteiger partial charge in [0.05, 0.1) is 0 Å². The quantitative estimate of drug-likeness (QED) is 0.807. The van der Waals surface area contributed by atoms with Crippen molar-refractivity contribution in [2.75, 3.05) is 13.1 Å². The van der Waals surface area contributed by atoms with Gasteiger partial charge in [0.15, 0.2) is 5.82 Å². The average molecular weight is 371 g/mol. The first kappa shape index (κ1) is 18.1. The molecule has 2 unspecified atom stereocenters. The number of piperidine rings is 1. The summed E-state index contributed by atoms with van der Waals surface area (Å²) >= 11 is 0. The molecule has 6 heteroatoms. The molecule has 0 N–H and O–H groups in total. The van der Waals surface area contributed by atoms with Gasteiger partial charge in [-0.2, -0.15) is 4.98 Å². The second kappa shape index (κ2) is 7.41. The van der Waals surface area contributed by atoms with E-state index in [1.165, 1.54) is 12.1 Å². The maximum atomic E-state index is 13.1. The van der Waals surface area contributed by atoms with Crippen molar-refractivity contribution in [3.05, 3.63) is 47.4 Å². The SMILES string of the molecule is CC(C)c1nc(C2CCN(C(=O)C3CCC3c3ccc(F)cc3)CC2)no1. The molecule has 0 spiro atoms. The van der Waals surface area contributed by atoms with Gasteiger partial charge in [0.1, 0.15) is 5.82 Å². The Balaban J connectivity index is 1.35. The fraction of sp³-hybridized carbons (Fsp3) is 0.571. The molecule has 144 valence electrons. The Morgan fingerprint density at radius 3 is 2.41 bits per heavy atom. The lowest BCUT2D eigenvalue weighted by molar-refractivity contribution is -0.140. The minimum Gasteiger partial charge on any atom is -0.342 e. The van der Waals surface area contributed by atoms with Gasteiger partial charge >= 0.3 is 0 Å². The lowest BCUT2D eigenvalue weighted by atomic mass is 9.69. The molecule has 27 heavy (non-hydrogen) atoms. The highest BCUT2D eigenvalue weighted by Gasteiger charge is 2.40. The van der Waals surface area contributed by atoms with Crippen molar-refractivity contribution in [1.29, 1.82) is 0 Å². The second-order valence-electron chi connectivity index (χ2n) is 8.09. The van der Waals surface area contributed by atoms with Crippen LogP contribution in [-0.4, -0.2) is 34.0 Å². The highest BCUT2D eigenvalue weighted by Crippen LogP contribution is 2.44. The van der Waals surface area contributed by atoms with Crippen molar-refractivity contribution < 1.29 is 13.7 Å². The number of aromatic nitrogens is 2. The van der Waals surface area contributed by atoms with Crippen LogP contribution in [-0.2, 0) is 4.79 Å². The molecule has 2 aromatic rings. The first-order valence-electron chi connectivity index (χ1n) is 9.90. The van der Waals surface area contributed by atoms with Gasteiger partial charge in [-0.3, -0.25) is 4.79 Å². The predicted molar refractivity (Wildman–Crippen MR) is 98.8 cm³/mol. The van der Waals surface area contributed by atoms with Crippen LogP contribution in [0.4, 0.5) is 4.39 Å². The minimum absolute atomic E-state index is 0.0322. The molecule has 1 aromatic carbocycles. The zero-order chi connectivity index (χ0) is 19.0. The molecule has 1 saturated carbocycles. The fourth-order valence-corrected chi connectivity index (χ4v) is 4.14. The Morgan fingerprint density at radius 2 is 1.85 bits per heavy atom. The topological polar surface area (TPSA) is 59.2 Å². The summed E-state index contributed by atoms with van der Waals surface area (Å²) in [7, 11) is 0. The third-order valence-electron chi connectivity index (χ3n) is 6.01. The Hall–Kier alpha value is -2.24. The first-order chi connectivity index (χ1) is 13.0. The third kappa shape index (κ3) is 3.62. The van der Waals surface area contributed by atoms with Crippen LogP contribution in [0.3, 0.4) is 0 Å². The Kier molecular flexibility index (Phi) is 4.98. The van der Waals surface area contributed by atoms with Gasteiger partial charge < -0.3 is 9.42 Å². The van der Waals surface area contributed by atoms with E-state index in [0.29, 0.717) is 5.89 Å². The molecular formula is C21H26FN3O2. The average Bonchev–Trinajstić information content (AvgIpc) is 3.13. The normalized spacial score (nSPS) is 23.5. The van der Waals surface area contributed by atoms with Crippen LogP contribution in [0.25, 0.3) is 0 Å². The molecule has 5 nitrogen and oxygen atoms in total. The fourth-order valence-electron chi connectivity index (χ4n) is 4.14. The highest BCUT2D eigenvalue weighted by molar-refractivity contribution is 5.81. The van der Waals surface area contributed by atoms with Crippen LogP contribution >= 0.6 is 0 Å². The molecule has 2 fully saturated rings. The van der Waals surface area contributed by atoms with Crippen molar-refractivity contribution in [3.63, 3.8) is 0 Å². The van der Waals surface area contributed by atoms with Gasteiger partial charge in [-0.1, -0.05) is 31.1 Å². The maximum absolute atomic E-state index is 13.1. The van der Waals surface area contributed by atoms with Gasteiger partial charge in [0, 0.05) is 30.8 Å². The number of hydrogen-bond acceptors (Lipinski definition) is 4. The molecule has 1 saturated heterocycles. The van der Waals surface area contributed by atoms with Gasteiger partial charge in [-0.15, -0.1) is 0 Å². The van der Waals surface area contributed by atoms with E-state index in [2.05, 4.69) is 10.1 Å². The summed E-state index contributed by atoms with van der Waals surface area (Å²) in [5.41, 5.74) is 1.07. The number of halogens is 1. The smallest absolute Gasteiger partial charge is 0.229 e. The number of carbonyl (C=O) groups is 1. The van der Waals surface area contributed by atoms with Crippen LogP contribution in [0, 0.1) is 11.7 Å². The molecule has 2 heterocycles. The second-order valence-corrected chi connectivity index (χ2v) is 8.09. The van der Waals surface area contributed by atoms with Crippen LogP contribution in [0.5, 0.6) is 0 Å². The van der Waals surface area contributed by atoms with Gasteiger partial charge in [-0.05, 0) is 49.3 Å². The van der Waals surface area contributed by atoms with Gasteiger partial charge in [0.2, 0.25) is 11.8 Å². The summed E-state index contributed by atoms with van der Waals surface area (Å²) in [6, 6.07) is 6.59. The molecule has 2 aliphatic rings. The Bertz CT molecular complexity index is 794. The number of nitrogens with zero attached hydrogens (tertiary/aromatic N) is 3.